The number of hydrogen-bond donors (Lipinski definition) is 1. The number of azo groups is 1. The molecular formula is C15H13KN4O5S. The van der Waals surface area contributed by atoms with Crippen molar-refractivity contribution < 1.29 is 69.5 Å². The molecule has 0 atom stereocenters. The minimum Gasteiger partial charge on any atom is -0.744 e. The summed E-state index contributed by atoms with van der Waals surface area (Å²) in [5.74, 6) is -0.434. The Labute approximate surface area is 192 Å². The maximum absolute atomic E-state index is 12.3. The predicted octanol–water partition coefficient (Wildman–Crippen LogP) is -0.923. The molecule has 0 saturated carbocycles. The third kappa shape index (κ3) is 4.66. The van der Waals surface area contributed by atoms with E-state index in [4.69, 9.17) is 5.26 Å². The monoisotopic (exact) mass is 400 g/mol. The molecule has 0 bridgehead atoms. The van der Waals surface area contributed by atoms with Crippen LogP contribution in [0.5, 0.6) is 5.88 Å². The quantitative estimate of drug-likeness (QED) is 0.398. The Balaban J connectivity index is 0.00000338. The molecule has 130 valence electrons. The van der Waals surface area contributed by atoms with Crippen LogP contribution in [0.1, 0.15) is 18.1 Å². The molecule has 0 amide bonds. The zero-order valence-corrected chi connectivity index (χ0v) is 18.2. The number of hydrogen-bond acceptors (Lipinski definition) is 8. The van der Waals surface area contributed by atoms with Crippen LogP contribution < -0.4 is 56.9 Å². The van der Waals surface area contributed by atoms with Crippen LogP contribution in [-0.2, 0) is 16.7 Å². The van der Waals surface area contributed by atoms with E-state index in [2.05, 4.69) is 10.2 Å². The second kappa shape index (κ2) is 9.00. The molecule has 9 nitrogen and oxygen atoms in total. The van der Waals surface area contributed by atoms with Gasteiger partial charge in [0, 0.05) is 12.1 Å². The Morgan fingerprint density at radius 1 is 1.27 bits per heavy atom. The van der Waals surface area contributed by atoms with Gasteiger partial charge in [0.1, 0.15) is 21.8 Å². The SMILES string of the molecule is CCn1c(O)c(C#N)c(C)c(N=Nc2ccc(S(=O)(=O)[O-])cc2)c1=O.[K+]. The Morgan fingerprint density at radius 2 is 1.85 bits per heavy atom. The molecule has 0 aliphatic carbocycles. The number of nitrogens with zero attached hydrogens (tertiary/aromatic N) is 4. The number of benzene rings is 1. The number of nitriles is 1. The number of aromatic hydroxyl groups is 1. The molecule has 2 rings (SSSR count). The molecule has 1 N–H and O–H groups in total. The molecule has 11 heteroatoms. The standard InChI is InChI=1S/C15H14N4O5S.K/c1-3-19-14(20)12(8-16)9(2)13(15(19)21)18-17-10-4-6-11(7-5-10)25(22,23)24;/h4-7,20H,3H2,1-2H3,(H,22,23,24);/q;+1/p-1. The van der Waals surface area contributed by atoms with Crippen molar-refractivity contribution in [1.29, 1.82) is 5.26 Å². The molecule has 0 saturated heterocycles. The minimum atomic E-state index is -4.56. The Kier molecular flexibility index (Phi) is 7.84. The molecule has 0 aliphatic rings. The van der Waals surface area contributed by atoms with Crippen molar-refractivity contribution in [2.75, 3.05) is 0 Å². The zero-order valence-electron chi connectivity index (χ0n) is 14.3. The first-order valence-corrected chi connectivity index (χ1v) is 8.45. The molecular weight excluding hydrogens is 387 g/mol. The van der Waals surface area contributed by atoms with E-state index < -0.39 is 26.5 Å². The van der Waals surface area contributed by atoms with Crippen molar-refractivity contribution in [1.82, 2.24) is 4.57 Å². The van der Waals surface area contributed by atoms with E-state index in [0.717, 1.165) is 16.7 Å². The Bertz CT molecular complexity index is 1050. The van der Waals surface area contributed by atoms with Crippen LogP contribution in [0.4, 0.5) is 11.4 Å². The van der Waals surface area contributed by atoms with Crippen molar-refractivity contribution in [2.45, 2.75) is 25.3 Å². The van der Waals surface area contributed by atoms with Gasteiger partial charge in [-0.15, -0.1) is 5.11 Å². The van der Waals surface area contributed by atoms with Crippen molar-refractivity contribution in [2.24, 2.45) is 10.2 Å². The van der Waals surface area contributed by atoms with Crippen molar-refractivity contribution in [3.05, 3.63) is 45.7 Å². The van der Waals surface area contributed by atoms with E-state index >= 15 is 0 Å². The molecule has 0 radical (unpaired) electrons. The van der Waals surface area contributed by atoms with E-state index in [0.29, 0.717) is 0 Å². The maximum atomic E-state index is 12.3. The van der Waals surface area contributed by atoms with Crippen LogP contribution in [0.15, 0.2) is 44.2 Å². The van der Waals surface area contributed by atoms with Gasteiger partial charge >= 0.3 is 51.4 Å². The van der Waals surface area contributed by atoms with Gasteiger partial charge in [-0.25, -0.2) is 8.42 Å². The third-order valence-corrected chi connectivity index (χ3v) is 4.33. The molecule has 0 unspecified atom stereocenters. The fourth-order valence-electron chi connectivity index (χ4n) is 2.14. The van der Waals surface area contributed by atoms with Crippen molar-refractivity contribution in [3.8, 4) is 11.9 Å². The Hall–Kier alpha value is -1.39. The summed E-state index contributed by atoms with van der Waals surface area (Å²) < 4.78 is 33.6. The molecule has 1 aromatic carbocycles. The van der Waals surface area contributed by atoms with E-state index in [1.165, 1.54) is 19.1 Å². The summed E-state index contributed by atoms with van der Waals surface area (Å²) in [4.78, 5) is 11.9. The molecule has 0 aliphatic heterocycles. The average Bonchev–Trinajstić information content (AvgIpc) is 2.55. The summed E-state index contributed by atoms with van der Waals surface area (Å²) in [5, 5.41) is 26.7. The Morgan fingerprint density at radius 3 is 2.31 bits per heavy atom. The summed E-state index contributed by atoms with van der Waals surface area (Å²) >= 11 is 0. The van der Waals surface area contributed by atoms with E-state index in [1.54, 1.807) is 6.92 Å². The van der Waals surface area contributed by atoms with Gasteiger partial charge in [-0.1, -0.05) is 0 Å². The van der Waals surface area contributed by atoms with Crippen LogP contribution in [0.3, 0.4) is 0 Å². The van der Waals surface area contributed by atoms with Gasteiger partial charge in [0.05, 0.1) is 10.6 Å². The second-order valence-corrected chi connectivity index (χ2v) is 6.36. The first-order valence-electron chi connectivity index (χ1n) is 7.04. The largest absolute Gasteiger partial charge is 1.00 e. The number of aromatic nitrogens is 1. The van der Waals surface area contributed by atoms with Gasteiger partial charge in [0.2, 0.25) is 5.88 Å². The summed E-state index contributed by atoms with van der Waals surface area (Å²) in [7, 11) is -4.56. The van der Waals surface area contributed by atoms with E-state index in [1.807, 2.05) is 6.07 Å². The summed E-state index contributed by atoms with van der Waals surface area (Å²) in [6, 6.07) is 6.48. The fraction of sp³-hybridized carbons (Fsp3) is 0.200. The van der Waals surface area contributed by atoms with Crippen LogP contribution in [-0.4, -0.2) is 22.6 Å². The van der Waals surface area contributed by atoms with Crippen LogP contribution in [0.25, 0.3) is 0 Å². The van der Waals surface area contributed by atoms with Gasteiger partial charge < -0.3 is 9.66 Å². The van der Waals surface area contributed by atoms with Gasteiger partial charge in [0.15, 0.2) is 5.69 Å². The minimum absolute atomic E-state index is 0. The number of pyridine rings is 1. The molecule has 0 fully saturated rings. The van der Waals surface area contributed by atoms with Crippen LogP contribution >= 0.6 is 0 Å². The van der Waals surface area contributed by atoms with E-state index in [-0.39, 0.29) is 80.4 Å². The van der Waals surface area contributed by atoms with Gasteiger partial charge in [0.25, 0.3) is 5.56 Å². The summed E-state index contributed by atoms with van der Waals surface area (Å²) in [6.07, 6.45) is 0. The summed E-state index contributed by atoms with van der Waals surface area (Å²) in [5.41, 5.74) is -0.419. The molecule has 1 aromatic heterocycles. The summed E-state index contributed by atoms with van der Waals surface area (Å²) in [6.45, 7) is 3.22. The third-order valence-electron chi connectivity index (χ3n) is 3.48. The molecule has 1 heterocycles. The van der Waals surface area contributed by atoms with E-state index in [9.17, 15) is 22.9 Å². The second-order valence-electron chi connectivity index (χ2n) is 4.98. The first-order chi connectivity index (χ1) is 11.7. The maximum Gasteiger partial charge on any atom is 1.00 e. The van der Waals surface area contributed by atoms with Gasteiger partial charge in [-0.3, -0.25) is 9.36 Å². The molecule has 2 aromatic rings. The van der Waals surface area contributed by atoms with Gasteiger partial charge in [-0.2, -0.15) is 10.4 Å². The van der Waals surface area contributed by atoms with Crippen molar-refractivity contribution >= 4 is 21.5 Å². The molecule has 26 heavy (non-hydrogen) atoms. The van der Waals surface area contributed by atoms with Crippen LogP contribution in [0, 0.1) is 18.3 Å². The smallest absolute Gasteiger partial charge is 0.744 e. The average molecular weight is 400 g/mol. The van der Waals surface area contributed by atoms with Crippen LogP contribution in [0.2, 0.25) is 0 Å². The molecule has 0 spiro atoms. The first kappa shape index (κ1) is 22.6. The topological polar surface area (TPSA) is 148 Å². The van der Waals surface area contributed by atoms with Gasteiger partial charge in [-0.05, 0) is 38.1 Å². The van der Waals surface area contributed by atoms with Crippen molar-refractivity contribution in [3.63, 3.8) is 0 Å². The predicted molar refractivity (Wildman–Crippen MR) is 86.1 cm³/mol. The zero-order chi connectivity index (χ0) is 18.8. The normalized spacial score (nSPS) is 11.2. The fourth-order valence-corrected chi connectivity index (χ4v) is 2.61. The number of rotatable bonds is 4.